The van der Waals surface area contributed by atoms with Gasteiger partial charge in [-0.3, -0.25) is 9.48 Å². The zero-order valence-corrected chi connectivity index (χ0v) is 15.6. The minimum Gasteiger partial charge on any atom is -0.388 e. The van der Waals surface area contributed by atoms with E-state index in [-0.39, 0.29) is 11.6 Å². The molecule has 4 rings (SSSR count). The first-order valence-corrected chi connectivity index (χ1v) is 8.90. The van der Waals surface area contributed by atoms with Gasteiger partial charge in [-0.1, -0.05) is 5.16 Å². The molecule has 0 radical (unpaired) electrons. The number of amides is 1. The molecular formula is C18H24N4O4. The van der Waals surface area contributed by atoms with Gasteiger partial charge in [0.05, 0.1) is 36.6 Å². The molecule has 1 N–H and O–H groups in total. The van der Waals surface area contributed by atoms with Crippen LogP contribution >= 0.6 is 0 Å². The molecule has 0 saturated carbocycles. The lowest BCUT2D eigenvalue weighted by Gasteiger charge is -2.46. The van der Waals surface area contributed by atoms with Crippen molar-refractivity contribution in [3.63, 3.8) is 0 Å². The average molecular weight is 360 g/mol. The zero-order valence-electron chi connectivity index (χ0n) is 15.6. The molecule has 8 nitrogen and oxygen atoms in total. The molecule has 2 aromatic heterocycles. The minimum absolute atomic E-state index is 0.182. The first-order chi connectivity index (χ1) is 12.2. The molecule has 1 unspecified atom stereocenters. The number of rotatable bonds is 3. The first kappa shape index (κ1) is 17.2. The molecule has 0 aromatic carbocycles. The number of carbonyl (C=O) groups excluding carboxylic acids is 1. The predicted molar refractivity (Wildman–Crippen MR) is 92.7 cm³/mol. The third-order valence-electron chi connectivity index (χ3n) is 5.29. The average Bonchev–Trinajstić information content (AvgIpc) is 3.21. The summed E-state index contributed by atoms with van der Waals surface area (Å²) in [5.74, 6) is 0.372. The second-order valence-electron chi connectivity index (χ2n) is 7.74. The van der Waals surface area contributed by atoms with Gasteiger partial charge in [0.25, 0.3) is 5.91 Å². The smallest absolute Gasteiger partial charge is 0.276 e. The van der Waals surface area contributed by atoms with E-state index in [4.69, 9.17) is 9.26 Å². The monoisotopic (exact) mass is 360 g/mol. The molecule has 2 aliphatic heterocycles. The van der Waals surface area contributed by atoms with E-state index in [0.29, 0.717) is 31.9 Å². The van der Waals surface area contributed by atoms with E-state index in [0.717, 1.165) is 23.5 Å². The highest BCUT2D eigenvalue weighted by Crippen LogP contribution is 2.40. The number of likely N-dealkylation sites (tertiary alicyclic amines) is 1. The van der Waals surface area contributed by atoms with Crippen LogP contribution in [-0.2, 0) is 11.3 Å². The summed E-state index contributed by atoms with van der Waals surface area (Å²) in [5, 5.41) is 18.5. The molecule has 4 heterocycles. The van der Waals surface area contributed by atoms with Crippen LogP contribution in [-0.4, -0.2) is 61.7 Å². The standard InChI is InChI=1S/C18H24N4O4/c1-5-22-12(3)15(11(2)19-22)14-6-13(20-26-14)16(23)21-8-18(9-21)7-17(4,24)10-25-18/h6,24H,5,7-10H2,1-4H3. The van der Waals surface area contributed by atoms with E-state index >= 15 is 0 Å². The summed E-state index contributed by atoms with van der Waals surface area (Å²) in [6.07, 6.45) is 0.544. The Labute approximate surface area is 151 Å². The molecule has 140 valence electrons. The van der Waals surface area contributed by atoms with Gasteiger partial charge in [-0.15, -0.1) is 0 Å². The lowest BCUT2D eigenvalue weighted by Crippen LogP contribution is -2.63. The topological polar surface area (TPSA) is 93.6 Å². The van der Waals surface area contributed by atoms with Crippen LogP contribution in [0.2, 0.25) is 0 Å². The molecule has 2 fully saturated rings. The fourth-order valence-corrected chi connectivity index (χ4v) is 4.12. The lowest BCUT2D eigenvalue weighted by molar-refractivity contribution is -0.0956. The second kappa shape index (κ2) is 5.65. The fourth-order valence-electron chi connectivity index (χ4n) is 4.12. The van der Waals surface area contributed by atoms with Crippen LogP contribution in [0.4, 0.5) is 0 Å². The molecule has 1 spiro atoms. The SMILES string of the molecule is CCn1nc(C)c(-c2cc(C(=O)N3CC4(C3)CC(C)(O)CO4)no2)c1C. The Morgan fingerprint density at radius 3 is 2.69 bits per heavy atom. The van der Waals surface area contributed by atoms with Gasteiger partial charge < -0.3 is 19.3 Å². The third kappa shape index (κ3) is 2.64. The number of aliphatic hydroxyl groups is 1. The molecule has 2 aliphatic rings. The normalized spacial score (nSPS) is 24.3. The van der Waals surface area contributed by atoms with Crippen molar-refractivity contribution in [1.82, 2.24) is 19.8 Å². The van der Waals surface area contributed by atoms with Gasteiger partial charge >= 0.3 is 0 Å². The van der Waals surface area contributed by atoms with E-state index in [2.05, 4.69) is 10.3 Å². The Morgan fingerprint density at radius 2 is 2.12 bits per heavy atom. The number of hydrogen-bond acceptors (Lipinski definition) is 6. The van der Waals surface area contributed by atoms with Crippen molar-refractivity contribution in [3.05, 3.63) is 23.1 Å². The number of aryl methyl sites for hydroxylation is 2. The molecule has 1 atom stereocenters. The Balaban J connectivity index is 1.49. The fraction of sp³-hybridized carbons (Fsp3) is 0.611. The van der Waals surface area contributed by atoms with Gasteiger partial charge in [0.15, 0.2) is 11.5 Å². The van der Waals surface area contributed by atoms with Gasteiger partial charge in [-0.25, -0.2) is 0 Å². The summed E-state index contributed by atoms with van der Waals surface area (Å²) in [6.45, 7) is 9.70. The van der Waals surface area contributed by atoms with Crippen LogP contribution in [0.5, 0.6) is 0 Å². The molecule has 2 aromatic rings. The maximum absolute atomic E-state index is 12.7. The van der Waals surface area contributed by atoms with E-state index in [9.17, 15) is 9.90 Å². The Bertz CT molecular complexity index is 861. The summed E-state index contributed by atoms with van der Waals surface area (Å²) < 4.78 is 13.1. The molecule has 1 amide bonds. The Morgan fingerprint density at radius 1 is 1.38 bits per heavy atom. The summed E-state index contributed by atoms with van der Waals surface area (Å²) in [5.41, 5.74) is 1.77. The van der Waals surface area contributed by atoms with Crippen molar-refractivity contribution in [2.24, 2.45) is 0 Å². The molecule has 8 heteroatoms. The van der Waals surface area contributed by atoms with E-state index in [1.165, 1.54) is 0 Å². The van der Waals surface area contributed by atoms with Crippen LogP contribution in [0.3, 0.4) is 0 Å². The van der Waals surface area contributed by atoms with Gasteiger partial charge in [-0.05, 0) is 27.7 Å². The largest absolute Gasteiger partial charge is 0.388 e. The molecule has 0 bridgehead atoms. The van der Waals surface area contributed by atoms with Crippen molar-refractivity contribution >= 4 is 5.91 Å². The summed E-state index contributed by atoms with van der Waals surface area (Å²) in [6, 6.07) is 1.68. The highest BCUT2D eigenvalue weighted by Gasteiger charge is 2.55. The van der Waals surface area contributed by atoms with Gasteiger partial charge in [0, 0.05) is 24.7 Å². The minimum atomic E-state index is -0.815. The number of aromatic nitrogens is 3. The summed E-state index contributed by atoms with van der Waals surface area (Å²) >= 11 is 0. The van der Waals surface area contributed by atoms with Crippen molar-refractivity contribution in [1.29, 1.82) is 0 Å². The van der Waals surface area contributed by atoms with Crippen LogP contribution in [0.15, 0.2) is 10.6 Å². The quantitative estimate of drug-likeness (QED) is 0.892. The van der Waals surface area contributed by atoms with E-state index < -0.39 is 11.2 Å². The van der Waals surface area contributed by atoms with Crippen molar-refractivity contribution in [3.8, 4) is 11.3 Å². The number of hydrogen-bond donors (Lipinski definition) is 1. The van der Waals surface area contributed by atoms with Crippen LogP contribution in [0.25, 0.3) is 11.3 Å². The van der Waals surface area contributed by atoms with Crippen LogP contribution in [0, 0.1) is 13.8 Å². The predicted octanol–water partition coefficient (Wildman–Crippen LogP) is 1.54. The molecule has 26 heavy (non-hydrogen) atoms. The number of nitrogens with zero attached hydrogens (tertiary/aromatic N) is 4. The molecular weight excluding hydrogens is 336 g/mol. The van der Waals surface area contributed by atoms with Crippen LogP contribution in [0.1, 0.15) is 42.1 Å². The molecule has 2 saturated heterocycles. The summed E-state index contributed by atoms with van der Waals surface area (Å²) in [7, 11) is 0. The number of ether oxygens (including phenoxy) is 1. The van der Waals surface area contributed by atoms with E-state index in [1.807, 2.05) is 25.5 Å². The highest BCUT2D eigenvalue weighted by atomic mass is 16.5. The Hall–Kier alpha value is -2.19. The zero-order chi connectivity index (χ0) is 18.7. The molecule has 0 aliphatic carbocycles. The first-order valence-electron chi connectivity index (χ1n) is 8.90. The lowest BCUT2D eigenvalue weighted by atomic mass is 9.85. The Kier molecular flexibility index (Phi) is 3.75. The highest BCUT2D eigenvalue weighted by molar-refractivity contribution is 5.94. The van der Waals surface area contributed by atoms with Gasteiger partial charge in [0.2, 0.25) is 0 Å². The third-order valence-corrected chi connectivity index (χ3v) is 5.29. The van der Waals surface area contributed by atoms with E-state index in [1.54, 1.807) is 17.9 Å². The van der Waals surface area contributed by atoms with Gasteiger partial charge in [-0.2, -0.15) is 5.10 Å². The van der Waals surface area contributed by atoms with Crippen molar-refractivity contribution < 1.29 is 19.2 Å². The maximum Gasteiger partial charge on any atom is 0.276 e. The number of carbonyl (C=O) groups is 1. The maximum atomic E-state index is 12.7. The van der Waals surface area contributed by atoms with Gasteiger partial charge in [0.1, 0.15) is 5.60 Å². The van der Waals surface area contributed by atoms with Crippen LogP contribution < -0.4 is 0 Å². The second-order valence-corrected chi connectivity index (χ2v) is 7.74. The van der Waals surface area contributed by atoms with Crippen molar-refractivity contribution in [2.45, 2.75) is 51.9 Å². The van der Waals surface area contributed by atoms with Crippen molar-refractivity contribution in [2.75, 3.05) is 19.7 Å². The summed E-state index contributed by atoms with van der Waals surface area (Å²) in [4.78, 5) is 14.3.